The Hall–Kier alpha value is -4.19. The van der Waals surface area contributed by atoms with Gasteiger partial charge in [0, 0.05) is 47.7 Å². The van der Waals surface area contributed by atoms with Gasteiger partial charge >= 0.3 is 0 Å². The van der Waals surface area contributed by atoms with Crippen molar-refractivity contribution in [3.8, 4) is 16.9 Å². The molecule has 3 heterocycles. The predicted molar refractivity (Wildman–Crippen MR) is 126 cm³/mol. The molecule has 5 aromatic rings. The van der Waals surface area contributed by atoms with Crippen LogP contribution in [-0.2, 0) is 0 Å². The fourth-order valence-corrected chi connectivity index (χ4v) is 4.00. The third-order valence-corrected chi connectivity index (χ3v) is 5.49. The molecule has 0 unspecified atom stereocenters. The van der Waals surface area contributed by atoms with Gasteiger partial charge in [0.2, 0.25) is 0 Å². The van der Waals surface area contributed by atoms with E-state index in [9.17, 15) is 4.79 Å². The van der Waals surface area contributed by atoms with Gasteiger partial charge in [0.25, 0.3) is 5.91 Å². The van der Waals surface area contributed by atoms with Gasteiger partial charge in [-0.25, -0.2) is 4.52 Å². The van der Waals surface area contributed by atoms with Crippen molar-refractivity contribution in [2.24, 2.45) is 0 Å². The fraction of sp³-hybridized carbons (Fsp3) is 0.115. The van der Waals surface area contributed by atoms with E-state index in [0.717, 1.165) is 45.0 Å². The number of pyridine rings is 1. The third-order valence-electron chi connectivity index (χ3n) is 5.49. The van der Waals surface area contributed by atoms with Crippen molar-refractivity contribution in [3.63, 3.8) is 0 Å². The molecule has 0 aliphatic rings. The number of amides is 1. The van der Waals surface area contributed by atoms with E-state index in [2.05, 4.69) is 33.0 Å². The van der Waals surface area contributed by atoms with Crippen LogP contribution in [0.1, 0.15) is 27.0 Å². The molecule has 32 heavy (non-hydrogen) atoms. The maximum atomic E-state index is 12.8. The van der Waals surface area contributed by atoms with Crippen molar-refractivity contribution < 1.29 is 4.79 Å². The first-order valence-corrected chi connectivity index (χ1v) is 10.5. The lowest BCUT2D eigenvalue weighted by Gasteiger charge is -2.12. The molecule has 3 aromatic heterocycles. The molecule has 0 saturated heterocycles. The Bertz CT molecular complexity index is 1430. The van der Waals surface area contributed by atoms with Crippen LogP contribution in [0.5, 0.6) is 0 Å². The van der Waals surface area contributed by atoms with Crippen molar-refractivity contribution in [2.75, 3.05) is 5.32 Å². The Morgan fingerprint density at radius 3 is 2.50 bits per heavy atom. The number of nitrogens with zero attached hydrogens (tertiary/aromatic N) is 4. The van der Waals surface area contributed by atoms with E-state index in [0.29, 0.717) is 5.56 Å². The molecule has 0 bridgehead atoms. The molecule has 0 spiro atoms. The maximum Gasteiger partial charge on any atom is 0.255 e. The number of aryl methyl sites for hydroxylation is 3. The molecule has 1 N–H and O–H groups in total. The fourth-order valence-electron chi connectivity index (χ4n) is 4.00. The van der Waals surface area contributed by atoms with Gasteiger partial charge in [-0.1, -0.05) is 23.3 Å². The van der Waals surface area contributed by atoms with Crippen LogP contribution in [-0.4, -0.2) is 25.1 Å². The number of nitrogens with one attached hydrogen (secondary N) is 1. The van der Waals surface area contributed by atoms with Crippen LogP contribution in [0.25, 0.3) is 22.6 Å². The van der Waals surface area contributed by atoms with E-state index in [1.54, 1.807) is 12.4 Å². The van der Waals surface area contributed by atoms with Gasteiger partial charge < -0.3 is 5.32 Å². The number of benzene rings is 2. The molecule has 6 nitrogen and oxygen atoms in total. The summed E-state index contributed by atoms with van der Waals surface area (Å²) in [7, 11) is 0. The second-order valence-electron chi connectivity index (χ2n) is 8.07. The standard InChI is InChI=1S/C26H23N5O/c1-17-11-18(2)13-21(12-17)26(32)28-22-7-6-19(3)24(14-22)30-9-10-31-25(30)15-23(29-31)20-5-4-8-27-16-20/h4-16H,1-3H3,(H,28,32). The highest BCUT2D eigenvalue weighted by atomic mass is 16.1. The zero-order valence-corrected chi connectivity index (χ0v) is 18.2. The summed E-state index contributed by atoms with van der Waals surface area (Å²) in [5.74, 6) is -0.118. The van der Waals surface area contributed by atoms with Crippen molar-refractivity contribution in [1.82, 2.24) is 19.2 Å². The molecule has 2 aromatic carbocycles. The summed E-state index contributed by atoms with van der Waals surface area (Å²) in [4.78, 5) is 17.0. The molecule has 6 heteroatoms. The van der Waals surface area contributed by atoms with Gasteiger partial charge in [-0.3, -0.25) is 14.3 Å². The van der Waals surface area contributed by atoms with Crippen LogP contribution in [0, 0.1) is 20.8 Å². The zero-order chi connectivity index (χ0) is 22.2. The predicted octanol–water partition coefficient (Wildman–Crippen LogP) is 5.36. The lowest BCUT2D eigenvalue weighted by Crippen LogP contribution is -2.13. The van der Waals surface area contributed by atoms with Crippen LogP contribution in [0.15, 0.2) is 79.4 Å². The number of fused-ring (bicyclic) bond motifs is 1. The van der Waals surface area contributed by atoms with Crippen LogP contribution in [0.4, 0.5) is 5.69 Å². The quantitative estimate of drug-likeness (QED) is 0.425. The van der Waals surface area contributed by atoms with Gasteiger partial charge in [-0.05, 0) is 62.7 Å². The summed E-state index contributed by atoms with van der Waals surface area (Å²) in [5, 5.41) is 7.71. The molecular weight excluding hydrogens is 398 g/mol. The first-order chi connectivity index (χ1) is 15.5. The monoisotopic (exact) mass is 421 g/mol. The summed E-state index contributed by atoms with van der Waals surface area (Å²) >= 11 is 0. The van der Waals surface area contributed by atoms with E-state index in [1.165, 1.54) is 0 Å². The lowest BCUT2D eigenvalue weighted by molar-refractivity contribution is 0.102. The van der Waals surface area contributed by atoms with Crippen LogP contribution < -0.4 is 5.32 Å². The van der Waals surface area contributed by atoms with Crippen molar-refractivity contribution in [2.45, 2.75) is 20.8 Å². The Kier molecular flexibility index (Phi) is 4.82. The number of rotatable bonds is 4. The number of aromatic nitrogens is 4. The van der Waals surface area contributed by atoms with Crippen molar-refractivity contribution in [1.29, 1.82) is 0 Å². The van der Waals surface area contributed by atoms with E-state index in [-0.39, 0.29) is 5.91 Å². The van der Waals surface area contributed by atoms with Gasteiger partial charge in [-0.2, -0.15) is 5.10 Å². The summed E-state index contributed by atoms with van der Waals surface area (Å²) < 4.78 is 3.93. The second-order valence-corrected chi connectivity index (χ2v) is 8.07. The molecule has 158 valence electrons. The highest BCUT2D eigenvalue weighted by molar-refractivity contribution is 6.04. The van der Waals surface area contributed by atoms with E-state index >= 15 is 0 Å². The topological polar surface area (TPSA) is 64.2 Å². The van der Waals surface area contributed by atoms with Crippen LogP contribution in [0.2, 0.25) is 0 Å². The molecule has 0 fully saturated rings. The van der Waals surface area contributed by atoms with E-state index < -0.39 is 0 Å². The zero-order valence-electron chi connectivity index (χ0n) is 18.2. The highest BCUT2D eigenvalue weighted by Crippen LogP contribution is 2.25. The molecule has 0 saturated carbocycles. The van der Waals surface area contributed by atoms with E-state index in [4.69, 9.17) is 0 Å². The number of carbonyl (C=O) groups is 1. The molecule has 0 radical (unpaired) electrons. The summed E-state index contributed by atoms with van der Waals surface area (Å²) in [6.07, 6.45) is 7.46. The van der Waals surface area contributed by atoms with Gasteiger partial charge in [0.05, 0.1) is 11.4 Å². The molecule has 0 aliphatic carbocycles. The third kappa shape index (κ3) is 3.67. The maximum absolute atomic E-state index is 12.8. The van der Waals surface area contributed by atoms with Crippen molar-refractivity contribution >= 4 is 17.2 Å². The first-order valence-electron chi connectivity index (χ1n) is 10.5. The summed E-state index contributed by atoms with van der Waals surface area (Å²) in [6, 6.07) is 17.7. The van der Waals surface area contributed by atoms with Crippen LogP contribution in [0.3, 0.4) is 0 Å². The Morgan fingerprint density at radius 2 is 1.75 bits per heavy atom. The molecule has 5 rings (SSSR count). The largest absolute Gasteiger partial charge is 0.322 e. The SMILES string of the molecule is Cc1cc(C)cc(C(=O)Nc2ccc(C)c(-n3ccn4nc(-c5cccnc5)cc34)c2)c1. The minimum absolute atomic E-state index is 0.118. The molecule has 1 amide bonds. The van der Waals surface area contributed by atoms with Crippen LogP contribution >= 0.6 is 0 Å². The number of carbonyl (C=O) groups excluding carboxylic acids is 1. The summed E-state index contributed by atoms with van der Waals surface area (Å²) in [6.45, 7) is 6.05. The molecular formula is C26H23N5O. The average Bonchev–Trinajstić information content (AvgIpc) is 3.36. The molecule has 0 aliphatic heterocycles. The van der Waals surface area contributed by atoms with Gasteiger partial charge in [-0.15, -0.1) is 0 Å². The number of anilines is 1. The number of hydrogen-bond donors (Lipinski definition) is 1. The summed E-state index contributed by atoms with van der Waals surface area (Å²) in [5.41, 5.74) is 8.38. The minimum atomic E-state index is -0.118. The van der Waals surface area contributed by atoms with Gasteiger partial charge in [0.1, 0.15) is 5.65 Å². The first kappa shape index (κ1) is 19.8. The highest BCUT2D eigenvalue weighted by Gasteiger charge is 2.13. The second kappa shape index (κ2) is 7.81. The Labute approximate surface area is 186 Å². The molecule has 0 atom stereocenters. The number of hydrogen-bond acceptors (Lipinski definition) is 3. The Morgan fingerprint density at radius 1 is 0.938 bits per heavy atom. The Balaban J connectivity index is 1.49. The van der Waals surface area contributed by atoms with E-state index in [1.807, 2.05) is 79.3 Å². The average molecular weight is 422 g/mol. The smallest absolute Gasteiger partial charge is 0.255 e. The van der Waals surface area contributed by atoms with Gasteiger partial charge in [0.15, 0.2) is 0 Å². The minimum Gasteiger partial charge on any atom is -0.322 e. The normalized spacial score (nSPS) is 11.1. The van der Waals surface area contributed by atoms with Crippen molar-refractivity contribution in [3.05, 3.63) is 102 Å². The lowest BCUT2D eigenvalue weighted by atomic mass is 10.1. The number of imidazole rings is 1.